The summed E-state index contributed by atoms with van der Waals surface area (Å²) in [5, 5.41) is 2.96. The summed E-state index contributed by atoms with van der Waals surface area (Å²) in [5.41, 5.74) is 3.28. The van der Waals surface area contributed by atoms with Gasteiger partial charge in [0, 0.05) is 17.9 Å². The Labute approximate surface area is 189 Å². The summed E-state index contributed by atoms with van der Waals surface area (Å²) in [6.45, 7) is 11.9. The third kappa shape index (κ3) is 4.52. The van der Waals surface area contributed by atoms with Gasteiger partial charge in [-0.25, -0.2) is 4.39 Å². The summed E-state index contributed by atoms with van der Waals surface area (Å²) < 4.78 is 16.6. The van der Waals surface area contributed by atoms with Gasteiger partial charge in [-0.3, -0.25) is 9.59 Å². The number of para-hydroxylation sites is 1. The van der Waals surface area contributed by atoms with Gasteiger partial charge >= 0.3 is 0 Å². The number of carbonyl (C=O) groups excluding carboxylic acids is 1. The van der Waals surface area contributed by atoms with Gasteiger partial charge in [0.25, 0.3) is 5.91 Å². The van der Waals surface area contributed by atoms with Crippen LogP contribution in [0.5, 0.6) is 0 Å². The maximum Gasteiger partial charge on any atom is 0.261 e. The van der Waals surface area contributed by atoms with Crippen molar-refractivity contribution in [1.29, 1.82) is 0 Å². The standard InChI is InChI=1S/C27H31FN2O2/c1-16(2)21-13-10-14-22(17(3)4)25(21)29-27(32)23-18(5)30(19(6)24(28)26(23)31)15-20-11-8-7-9-12-20/h7-14,16-17H,15H2,1-6H3,(H,29,32). The maximum absolute atomic E-state index is 14.9. The summed E-state index contributed by atoms with van der Waals surface area (Å²) in [7, 11) is 0. The predicted octanol–water partition coefficient (Wildman–Crippen LogP) is 6.15. The van der Waals surface area contributed by atoms with Crippen LogP contribution in [0.1, 0.15) is 78.0 Å². The molecule has 32 heavy (non-hydrogen) atoms. The fourth-order valence-corrected chi connectivity index (χ4v) is 4.09. The van der Waals surface area contributed by atoms with Crippen LogP contribution in [-0.4, -0.2) is 10.5 Å². The molecule has 0 saturated carbocycles. The van der Waals surface area contributed by atoms with Crippen LogP contribution in [-0.2, 0) is 6.54 Å². The molecule has 0 fully saturated rings. The first-order valence-corrected chi connectivity index (χ1v) is 11.0. The summed E-state index contributed by atoms with van der Waals surface area (Å²) in [5.74, 6) is -1.12. The maximum atomic E-state index is 14.9. The Kier molecular flexibility index (Phi) is 6.97. The number of pyridine rings is 1. The Hall–Kier alpha value is -3.21. The van der Waals surface area contributed by atoms with Crippen molar-refractivity contribution >= 4 is 11.6 Å². The molecule has 3 aromatic rings. The summed E-state index contributed by atoms with van der Waals surface area (Å²) in [6.07, 6.45) is 0. The summed E-state index contributed by atoms with van der Waals surface area (Å²) in [4.78, 5) is 26.2. The molecule has 0 aliphatic heterocycles. The largest absolute Gasteiger partial charge is 0.341 e. The number of rotatable bonds is 6. The van der Waals surface area contributed by atoms with E-state index in [1.165, 1.54) is 0 Å². The number of hydrogen-bond donors (Lipinski definition) is 1. The minimum Gasteiger partial charge on any atom is -0.341 e. The van der Waals surface area contributed by atoms with Crippen LogP contribution >= 0.6 is 0 Å². The van der Waals surface area contributed by atoms with Gasteiger partial charge in [-0.05, 0) is 42.4 Å². The number of benzene rings is 2. The summed E-state index contributed by atoms with van der Waals surface area (Å²) in [6, 6.07) is 15.5. The average molecular weight is 435 g/mol. The van der Waals surface area contributed by atoms with Gasteiger partial charge in [-0.1, -0.05) is 76.2 Å². The molecule has 0 bridgehead atoms. The molecule has 0 atom stereocenters. The zero-order valence-corrected chi connectivity index (χ0v) is 19.6. The third-order valence-corrected chi connectivity index (χ3v) is 5.94. The fourth-order valence-electron chi connectivity index (χ4n) is 4.09. The molecule has 1 N–H and O–H groups in total. The van der Waals surface area contributed by atoms with E-state index in [1.807, 2.05) is 48.5 Å². The lowest BCUT2D eigenvalue weighted by atomic mass is 9.92. The van der Waals surface area contributed by atoms with Gasteiger partial charge in [-0.15, -0.1) is 0 Å². The van der Waals surface area contributed by atoms with Gasteiger partial charge < -0.3 is 9.88 Å². The van der Waals surface area contributed by atoms with Gasteiger partial charge in [0.15, 0.2) is 5.82 Å². The SMILES string of the molecule is Cc1c(F)c(=O)c(C(=O)Nc2c(C(C)C)cccc2C(C)C)c(C)n1Cc1ccccc1. The van der Waals surface area contributed by atoms with Gasteiger partial charge in [0.1, 0.15) is 5.56 Å². The molecule has 168 valence electrons. The van der Waals surface area contributed by atoms with Gasteiger partial charge in [-0.2, -0.15) is 0 Å². The lowest BCUT2D eigenvalue weighted by Gasteiger charge is -2.22. The molecule has 3 rings (SSSR count). The van der Waals surface area contributed by atoms with Crippen LogP contribution in [0.15, 0.2) is 53.3 Å². The zero-order chi connectivity index (χ0) is 23.6. The number of hydrogen-bond acceptors (Lipinski definition) is 2. The lowest BCUT2D eigenvalue weighted by Crippen LogP contribution is -2.30. The van der Waals surface area contributed by atoms with Crippen LogP contribution < -0.4 is 10.7 Å². The lowest BCUT2D eigenvalue weighted by molar-refractivity contribution is 0.102. The van der Waals surface area contributed by atoms with Crippen LogP contribution in [0, 0.1) is 19.7 Å². The van der Waals surface area contributed by atoms with E-state index in [-0.39, 0.29) is 23.1 Å². The third-order valence-electron chi connectivity index (χ3n) is 5.94. The Morgan fingerprint density at radius 3 is 2.00 bits per heavy atom. The van der Waals surface area contributed by atoms with E-state index in [2.05, 4.69) is 33.0 Å². The molecule has 1 heterocycles. The van der Waals surface area contributed by atoms with E-state index in [0.717, 1.165) is 16.7 Å². The van der Waals surface area contributed by atoms with Crippen molar-refractivity contribution in [2.45, 2.75) is 59.9 Å². The molecule has 1 aromatic heterocycles. The molecule has 5 heteroatoms. The number of halogens is 1. The molecule has 0 radical (unpaired) electrons. The van der Waals surface area contributed by atoms with Crippen molar-refractivity contribution in [2.24, 2.45) is 0 Å². The van der Waals surface area contributed by atoms with Gasteiger partial charge in [0.05, 0.1) is 5.69 Å². The van der Waals surface area contributed by atoms with Crippen LogP contribution in [0.4, 0.5) is 10.1 Å². The van der Waals surface area contributed by atoms with E-state index in [9.17, 15) is 14.0 Å². The smallest absolute Gasteiger partial charge is 0.261 e. The van der Waals surface area contributed by atoms with Crippen molar-refractivity contribution in [3.8, 4) is 0 Å². The minimum absolute atomic E-state index is 0.155. The molecule has 2 aromatic carbocycles. The number of anilines is 1. The molecular formula is C27H31FN2O2. The highest BCUT2D eigenvalue weighted by molar-refractivity contribution is 6.06. The van der Waals surface area contributed by atoms with Crippen LogP contribution in [0.2, 0.25) is 0 Å². The Morgan fingerprint density at radius 2 is 1.47 bits per heavy atom. The van der Waals surface area contributed by atoms with E-state index < -0.39 is 17.2 Å². The topological polar surface area (TPSA) is 51.1 Å². The highest BCUT2D eigenvalue weighted by atomic mass is 19.1. The molecule has 0 aliphatic rings. The van der Waals surface area contributed by atoms with Crippen molar-refractivity contribution in [3.05, 3.63) is 98.2 Å². The Morgan fingerprint density at radius 1 is 0.906 bits per heavy atom. The monoisotopic (exact) mass is 434 g/mol. The highest BCUT2D eigenvalue weighted by Gasteiger charge is 2.24. The average Bonchev–Trinajstić information content (AvgIpc) is 2.76. The molecule has 0 spiro atoms. The second kappa shape index (κ2) is 9.51. The molecule has 0 saturated heterocycles. The second-order valence-corrected chi connectivity index (χ2v) is 8.84. The number of nitrogens with one attached hydrogen (secondary N) is 1. The fraction of sp³-hybridized carbons (Fsp3) is 0.333. The second-order valence-electron chi connectivity index (χ2n) is 8.84. The van der Waals surface area contributed by atoms with E-state index in [4.69, 9.17) is 0 Å². The summed E-state index contributed by atoms with van der Waals surface area (Å²) >= 11 is 0. The number of amides is 1. The molecule has 1 amide bonds. The predicted molar refractivity (Wildman–Crippen MR) is 128 cm³/mol. The number of aromatic nitrogens is 1. The molecule has 0 unspecified atom stereocenters. The molecular weight excluding hydrogens is 403 g/mol. The van der Waals surface area contributed by atoms with E-state index in [1.54, 1.807) is 18.4 Å². The normalized spacial score (nSPS) is 11.3. The number of carbonyl (C=O) groups is 1. The zero-order valence-electron chi connectivity index (χ0n) is 19.6. The van der Waals surface area contributed by atoms with Crippen LogP contribution in [0.3, 0.4) is 0 Å². The molecule has 4 nitrogen and oxygen atoms in total. The van der Waals surface area contributed by atoms with Crippen molar-refractivity contribution in [3.63, 3.8) is 0 Å². The highest BCUT2D eigenvalue weighted by Crippen LogP contribution is 2.32. The van der Waals surface area contributed by atoms with E-state index in [0.29, 0.717) is 17.9 Å². The van der Waals surface area contributed by atoms with E-state index >= 15 is 0 Å². The van der Waals surface area contributed by atoms with Crippen LogP contribution in [0.25, 0.3) is 0 Å². The quantitative estimate of drug-likeness (QED) is 0.506. The minimum atomic E-state index is -0.891. The Bertz CT molecular complexity index is 1170. The van der Waals surface area contributed by atoms with Gasteiger partial charge in [0.2, 0.25) is 5.43 Å². The first kappa shape index (κ1) is 23.5. The van der Waals surface area contributed by atoms with Crippen molar-refractivity contribution in [2.75, 3.05) is 5.32 Å². The first-order chi connectivity index (χ1) is 15.1. The van der Waals surface area contributed by atoms with Crippen molar-refractivity contribution < 1.29 is 9.18 Å². The first-order valence-electron chi connectivity index (χ1n) is 11.0. The number of nitrogens with zero attached hydrogens (tertiary/aromatic N) is 1. The van der Waals surface area contributed by atoms with Crippen molar-refractivity contribution in [1.82, 2.24) is 4.57 Å². The molecule has 0 aliphatic carbocycles. The Balaban J connectivity index is 2.11.